The summed E-state index contributed by atoms with van der Waals surface area (Å²) in [5, 5.41) is 2.51. The molecule has 0 saturated heterocycles. The van der Waals surface area contributed by atoms with Crippen LogP contribution in [-0.4, -0.2) is 4.57 Å². The highest BCUT2D eigenvalue weighted by atomic mass is 35.5. The molecule has 0 aliphatic rings. The third-order valence-electron chi connectivity index (χ3n) is 3.22. The molecule has 0 aliphatic carbocycles. The largest absolute Gasteiger partial charge is 0.341 e. The molecule has 6 heteroatoms. The number of nitrogens with zero attached hydrogens (tertiary/aromatic N) is 1. The molecule has 0 fully saturated rings. The third-order valence-corrected chi connectivity index (χ3v) is 4.23. The van der Waals surface area contributed by atoms with Crippen LogP contribution >= 0.6 is 46.4 Å². The van der Waals surface area contributed by atoms with Crippen molar-refractivity contribution < 1.29 is 0 Å². The first-order valence-corrected chi connectivity index (χ1v) is 7.18. The smallest absolute Gasteiger partial charge is 0.197 e. The van der Waals surface area contributed by atoms with Gasteiger partial charge in [-0.05, 0) is 24.3 Å². The van der Waals surface area contributed by atoms with E-state index < -0.39 is 0 Å². The summed E-state index contributed by atoms with van der Waals surface area (Å²) in [7, 11) is 1.80. The van der Waals surface area contributed by atoms with Gasteiger partial charge in [-0.1, -0.05) is 46.4 Å². The predicted molar refractivity (Wildman–Crippen MR) is 86.7 cm³/mol. The zero-order valence-corrected chi connectivity index (χ0v) is 13.2. The van der Waals surface area contributed by atoms with Crippen molar-refractivity contribution in [3.63, 3.8) is 0 Å². The average molecular weight is 347 g/mol. The summed E-state index contributed by atoms with van der Waals surface area (Å²) in [5.74, 6) is 0. The SMILES string of the molecule is Cn1c2c(Cl)cc(Cl)cc2c(=O)c2cc(Cl)cc(Cl)c21. The summed E-state index contributed by atoms with van der Waals surface area (Å²) in [4.78, 5) is 12.6. The van der Waals surface area contributed by atoms with E-state index in [4.69, 9.17) is 46.4 Å². The Morgan fingerprint density at radius 1 is 0.800 bits per heavy atom. The molecule has 0 amide bonds. The molecule has 2 nitrogen and oxygen atoms in total. The maximum absolute atomic E-state index is 12.6. The number of pyridine rings is 1. The lowest BCUT2D eigenvalue weighted by Crippen LogP contribution is -2.10. The number of hydrogen-bond donors (Lipinski definition) is 0. The Bertz CT molecular complexity index is 858. The van der Waals surface area contributed by atoms with Gasteiger partial charge < -0.3 is 4.57 Å². The first kappa shape index (κ1) is 14.0. The fourth-order valence-corrected chi connectivity index (χ4v) is 3.66. The van der Waals surface area contributed by atoms with Gasteiger partial charge in [-0.25, -0.2) is 0 Å². The van der Waals surface area contributed by atoms with Crippen molar-refractivity contribution in [1.82, 2.24) is 4.57 Å². The number of rotatable bonds is 0. The monoisotopic (exact) mass is 345 g/mol. The van der Waals surface area contributed by atoms with Crippen molar-refractivity contribution in [2.24, 2.45) is 7.05 Å². The Morgan fingerprint density at radius 3 is 1.60 bits per heavy atom. The Labute approximate surface area is 134 Å². The van der Waals surface area contributed by atoms with Crippen LogP contribution in [0.2, 0.25) is 20.1 Å². The highest BCUT2D eigenvalue weighted by Crippen LogP contribution is 2.32. The lowest BCUT2D eigenvalue weighted by Gasteiger charge is -2.13. The number of aromatic nitrogens is 1. The molecule has 1 aromatic heterocycles. The van der Waals surface area contributed by atoms with Crippen LogP contribution in [0, 0.1) is 0 Å². The molecule has 20 heavy (non-hydrogen) atoms. The van der Waals surface area contributed by atoms with E-state index in [9.17, 15) is 4.79 Å². The zero-order valence-electron chi connectivity index (χ0n) is 10.2. The second-order valence-corrected chi connectivity index (χ2v) is 6.14. The molecular formula is C14H7Cl4NO. The molecule has 0 radical (unpaired) electrons. The molecule has 0 unspecified atom stereocenters. The van der Waals surface area contributed by atoms with Gasteiger partial charge in [0, 0.05) is 27.9 Å². The minimum atomic E-state index is -0.193. The molecular weight excluding hydrogens is 340 g/mol. The summed E-state index contributed by atoms with van der Waals surface area (Å²) in [6.45, 7) is 0. The molecule has 3 aromatic rings. The number of halogens is 4. The average Bonchev–Trinajstić information content (AvgIpc) is 2.34. The van der Waals surface area contributed by atoms with Crippen molar-refractivity contribution in [1.29, 1.82) is 0 Å². The number of fused-ring (bicyclic) bond motifs is 2. The molecule has 0 aliphatic heterocycles. The van der Waals surface area contributed by atoms with Gasteiger partial charge in [0.2, 0.25) is 0 Å². The second-order valence-electron chi connectivity index (χ2n) is 4.46. The van der Waals surface area contributed by atoms with Crippen molar-refractivity contribution >= 4 is 68.2 Å². The van der Waals surface area contributed by atoms with Gasteiger partial charge in [0.15, 0.2) is 5.43 Å². The maximum atomic E-state index is 12.6. The van der Waals surface area contributed by atoms with Crippen molar-refractivity contribution in [3.05, 3.63) is 54.6 Å². The Morgan fingerprint density at radius 2 is 1.20 bits per heavy atom. The van der Waals surface area contributed by atoms with Gasteiger partial charge in [-0.2, -0.15) is 0 Å². The van der Waals surface area contributed by atoms with Crippen LogP contribution in [-0.2, 0) is 7.05 Å². The Balaban J connectivity index is 2.73. The van der Waals surface area contributed by atoms with E-state index in [1.165, 1.54) is 0 Å². The minimum absolute atomic E-state index is 0.193. The lowest BCUT2D eigenvalue weighted by molar-refractivity contribution is 1.00. The van der Waals surface area contributed by atoms with Gasteiger partial charge in [-0.15, -0.1) is 0 Å². The van der Waals surface area contributed by atoms with E-state index in [2.05, 4.69) is 0 Å². The molecule has 0 spiro atoms. The molecule has 2 aromatic carbocycles. The highest BCUT2D eigenvalue weighted by Gasteiger charge is 2.15. The third kappa shape index (κ3) is 1.99. The summed E-state index contributed by atoms with van der Waals surface area (Å²) in [6.07, 6.45) is 0. The molecule has 0 atom stereocenters. The van der Waals surface area contributed by atoms with Gasteiger partial charge in [-0.3, -0.25) is 4.79 Å². The van der Waals surface area contributed by atoms with E-state index in [1.807, 2.05) is 0 Å². The molecule has 102 valence electrons. The fourth-order valence-electron chi connectivity index (χ4n) is 2.42. The summed E-state index contributed by atoms with van der Waals surface area (Å²) in [5.41, 5.74) is 0.998. The standard InChI is InChI=1S/C14H7Cl4NO/c1-19-12-8(2-6(15)4-10(12)17)14(20)9-3-7(16)5-11(18)13(9)19/h2-5H,1H3. The second kappa shape index (κ2) is 4.81. The first-order valence-electron chi connectivity index (χ1n) is 5.66. The van der Waals surface area contributed by atoms with Gasteiger partial charge in [0.05, 0.1) is 21.1 Å². The van der Waals surface area contributed by atoms with Crippen molar-refractivity contribution in [2.45, 2.75) is 0 Å². The van der Waals surface area contributed by atoms with Gasteiger partial charge in [0.25, 0.3) is 0 Å². The predicted octanol–water partition coefficient (Wildman–Crippen LogP) is 5.31. The van der Waals surface area contributed by atoms with Crippen LogP contribution < -0.4 is 5.43 Å². The van der Waals surface area contributed by atoms with Crippen LogP contribution in [0.3, 0.4) is 0 Å². The molecule has 0 N–H and O–H groups in total. The van der Waals surface area contributed by atoms with Crippen LogP contribution in [0.1, 0.15) is 0 Å². The van der Waals surface area contributed by atoms with Gasteiger partial charge in [0.1, 0.15) is 0 Å². The first-order chi connectivity index (χ1) is 9.40. The van der Waals surface area contributed by atoms with Crippen LogP contribution in [0.15, 0.2) is 29.1 Å². The lowest BCUT2D eigenvalue weighted by atomic mass is 10.1. The molecule has 0 saturated carbocycles. The molecule has 0 bridgehead atoms. The number of benzene rings is 2. The quantitative estimate of drug-likeness (QED) is 0.506. The summed E-state index contributed by atoms with van der Waals surface area (Å²) >= 11 is 24.4. The van der Waals surface area contributed by atoms with Gasteiger partial charge >= 0.3 is 0 Å². The number of hydrogen-bond acceptors (Lipinski definition) is 1. The van der Waals surface area contributed by atoms with Crippen LogP contribution in [0.25, 0.3) is 21.8 Å². The van der Waals surface area contributed by atoms with Crippen molar-refractivity contribution in [3.8, 4) is 0 Å². The Kier molecular flexibility index (Phi) is 3.38. The number of aryl methyl sites for hydroxylation is 1. The summed E-state index contributed by atoms with van der Waals surface area (Å²) in [6, 6.07) is 6.39. The van der Waals surface area contributed by atoms with E-state index in [0.29, 0.717) is 41.9 Å². The summed E-state index contributed by atoms with van der Waals surface area (Å²) < 4.78 is 1.78. The molecule has 3 rings (SSSR count). The van der Waals surface area contributed by atoms with E-state index in [0.717, 1.165) is 0 Å². The van der Waals surface area contributed by atoms with Crippen LogP contribution in [0.4, 0.5) is 0 Å². The Hall–Kier alpha value is -0.930. The molecule has 1 heterocycles. The van der Waals surface area contributed by atoms with E-state index >= 15 is 0 Å². The van der Waals surface area contributed by atoms with Crippen LogP contribution in [0.5, 0.6) is 0 Å². The van der Waals surface area contributed by atoms with E-state index in [-0.39, 0.29) is 5.43 Å². The normalized spacial score (nSPS) is 11.4. The zero-order chi connectivity index (χ0) is 14.6. The van der Waals surface area contributed by atoms with E-state index in [1.54, 1.807) is 35.9 Å². The maximum Gasteiger partial charge on any atom is 0.197 e. The fraction of sp³-hybridized carbons (Fsp3) is 0.0714. The minimum Gasteiger partial charge on any atom is -0.341 e. The topological polar surface area (TPSA) is 22.0 Å². The highest BCUT2D eigenvalue weighted by molar-refractivity contribution is 6.40. The van der Waals surface area contributed by atoms with Crippen molar-refractivity contribution in [2.75, 3.05) is 0 Å².